The van der Waals surface area contributed by atoms with Crippen molar-refractivity contribution >= 4 is 23.4 Å². The second kappa shape index (κ2) is 5.87. The molecule has 0 N–H and O–H groups in total. The summed E-state index contributed by atoms with van der Waals surface area (Å²) in [5.74, 6) is 0.962. The van der Waals surface area contributed by atoms with Crippen molar-refractivity contribution < 1.29 is 4.74 Å². The molecule has 2 aromatic rings. The highest BCUT2D eigenvalue weighted by Gasteiger charge is 2.51. The molecule has 1 fully saturated rings. The number of hydrogen-bond acceptors (Lipinski definition) is 4. The average molecular weight is 338 g/mol. The molecule has 0 aliphatic carbocycles. The fourth-order valence-electron chi connectivity index (χ4n) is 3.08. The predicted molar refractivity (Wildman–Crippen MR) is 90.1 cm³/mol. The van der Waals surface area contributed by atoms with Crippen LogP contribution in [0.1, 0.15) is 32.4 Å². The lowest BCUT2D eigenvalue weighted by molar-refractivity contribution is -0.0350. The number of ether oxygens (including phenoxy) is 1. The van der Waals surface area contributed by atoms with Gasteiger partial charge in [-0.1, -0.05) is 44.5 Å². The first kappa shape index (κ1) is 15.8. The van der Waals surface area contributed by atoms with E-state index in [-0.39, 0.29) is 11.5 Å². The summed E-state index contributed by atoms with van der Waals surface area (Å²) in [4.78, 5) is 3.66. The molecule has 0 radical (unpaired) electrons. The minimum absolute atomic E-state index is 0.0242. The largest absolute Gasteiger partial charge is 0.357 e. The van der Waals surface area contributed by atoms with Crippen molar-refractivity contribution in [3.8, 4) is 0 Å². The highest BCUT2D eigenvalue weighted by atomic mass is 35.5. The van der Waals surface area contributed by atoms with E-state index < -0.39 is 4.93 Å². The molecule has 2 heterocycles. The Bertz CT molecular complexity index is 616. The van der Waals surface area contributed by atoms with Gasteiger partial charge in [-0.25, -0.2) is 9.67 Å². The third kappa shape index (κ3) is 2.77. The first-order valence-electron chi connectivity index (χ1n) is 7.31. The summed E-state index contributed by atoms with van der Waals surface area (Å²) in [6.07, 6.45) is 3.35. The van der Waals surface area contributed by atoms with E-state index in [1.165, 1.54) is 0 Å². The number of benzene rings is 1. The lowest BCUT2D eigenvalue weighted by Gasteiger charge is -2.43. The molecule has 1 aliphatic rings. The van der Waals surface area contributed by atoms with E-state index in [1.807, 2.05) is 28.6 Å². The van der Waals surface area contributed by atoms with Crippen molar-refractivity contribution in [2.75, 3.05) is 12.4 Å². The molecule has 1 aromatic carbocycles. The topological polar surface area (TPSA) is 39.9 Å². The van der Waals surface area contributed by atoms with E-state index in [4.69, 9.17) is 16.3 Å². The van der Waals surface area contributed by atoms with E-state index in [0.29, 0.717) is 0 Å². The number of nitrogens with zero attached hydrogens (tertiary/aromatic N) is 3. The van der Waals surface area contributed by atoms with Crippen molar-refractivity contribution in [2.45, 2.75) is 31.7 Å². The molecule has 1 saturated heterocycles. The summed E-state index contributed by atoms with van der Waals surface area (Å²) in [6.45, 7) is 7.35. The first-order chi connectivity index (χ1) is 10.4. The van der Waals surface area contributed by atoms with E-state index in [9.17, 15) is 0 Å². The van der Waals surface area contributed by atoms with E-state index in [2.05, 4.69) is 43.0 Å². The molecule has 6 heteroatoms. The summed E-state index contributed by atoms with van der Waals surface area (Å²) >= 11 is 7.89. The van der Waals surface area contributed by atoms with Gasteiger partial charge in [-0.3, -0.25) is 0 Å². The molecule has 1 aliphatic heterocycles. The van der Waals surface area contributed by atoms with Crippen LogP contribution >= 0.6 is 23.4 Å². The van der Waals surface area contributed by atoms with Gasteiger partial charge in [0, 0.05) is 10.8 Å². The zero-order chi connectivity index (χ0) is 15.8. The number of thioether (sulfide) groups is 1. The first-order valence-corrected chi connectivity index (χ1v) is 8.68. The number of halogens is 1. The molecule has 2 unspecified atom stereocenters. The second-order valence-corrected chi connectivity index (χ2v) is 8.26. The third-order valence-corrected chi connectivity index (χ3v) is 5.47. The zero-order valence-electron chi connectivity index (χ0n) is 13.0. The van der Waals surface area contributed by atoms with Gasteiger partial charge in [0.2, 0.25) is 0 Å². The van der Waals surface area contributed by atoms with Gasteiger partial charge >= 0.3 is 0 Å². The molecular weight excluding hydrogens is 318 g/mol. The van der Waals surface area contributed by atoms with Crippen LogP contribution in [0.5, 0.6) is 0 Å². The van der Waals surface area contributed by atoms with Crippen LogP contribution in [0.4, 0.5) is 0 Å². The Morgan fingerprint density at radius 2 is 2.05 bits per heavy atom. The number of aromatic nitrogens is 3. The van der Waals surface area contributed by atoms with Gasteiger partial charge in [0.15, 0.2) is 4.93 Å². The maximum absolute atomic E-state index is 6.31. The van der Waals surface area contributed by atoms with Crippen molar-refractivity contribution in [2.24, 2.45) is 5.41 Å². The molecule has 22 heavy (non-hydrogen) atoms. The molecular formula is C16H20ClN3OS. The third-order valence-electron chi connectivity index (χ3n) is 3.84. The van der Waals surface area contributed by atoms with Crippen molar-refractivity contribution in [3.63, 3.8) is 0 Å². The summed E-state index contributed by atoms with van der Waals surface area (Å²) in [6, 6.07) is 7.97. The lowest BCUT2D eigenvalue weighted by Crippen LogP contribution is -2.42. The van der Waals surface area contributed by atoms with Crippen molar-refractivity contribution in [3.05, 3.63) is 47.5 Å². The number of rotatable bonds is 3. The summed E-state index contributed by atoms with van der Waals surface area (Å²) in [7, 11) is 0. The van der Waals surface area contributed by atoms with Gasteiger partial charge in [-0.2, -0.15) is 5.10 Å². The van der Waals surface area contributed by atoms with Crippen LogP contribution in [-0.4, -0.2) is 27.1 Å². The summed E-state index contributed by atoms with van der Waals surface area (Å²) in [5, 5.41) is 5.13. The van der Waals surface area contributed by atoms with Gasteiger partial charge in [0.25, 0.3) is 0 Å². The summed E-state index contributed by atoms with van der Waals surface area (Å²) < 4.78 is 8.23. The average Bonchev–Trinajstić information content (AvgIpc) is 3.11. The normalized spacial score (nSPS) is 23.6. The standard InChI is InChI=1S/C16H20ClN3OS/c1-15(2,3)14(20-11-18-10-19-20)16(21-8-9-22-16)12-4-6-13(17)7-5-12/h4-7,10-11,14H,8-9H2,1-3H3. The maximum Gasteiger partial charge on any atom is 0.162 e. The van der Waals surface area contributed by atoms with Gasteiger partial charge in [-0.05, 0) is 23.1 Å². The van der Waals surface area contributed by atoms with Crippen molar-refractivity contribution in [1.29, 1.82) is 0 Å². The molecule has 0 saturated carbocycles. The van der Waals surface area contributed by atoms with Crippen LogP contribution in [-0.2, 0) is 9.67 Å². The van der Waals surface area contributed by atoms with Crippen LogP contribution in [0.3, 0.4) is 0 Å². The number of hydrogen-bond donors (Lipinski definition) is 0. The highest BCUT2D eigenvalue weighted by Crippen LogP contribution is 2.55. The minimum atomic E-state index is -0.476. The smallest absolute Gasteiger partial charge is 0.162 e. The Labute approximate surface area is 140 Å². The minimum Gasteiger partial charge on any atom is -0.357 e. The van der Waals surface area contributed by atoms with Crippen LogP contribution in [0.15, 0.2) is 36.9 Å². The maximum atomic E-state index is 6.31. The van der Waals surface area contributed by atoms with Gasteiger partial charge in [-0.15, -0.1) is 11.8 Å². The quantitative estimate of drug-likeness (QED) is 0.844. The molecule has 2 atom stereocenters. The van der Waals surface area contributed by atoms with Crippen LogP contribution in [0, 0.1) is 5.41 Å². The second-order valence-electron chi connectivity index (χ2n) is 6.52. The van der Waals surface area contributed by atoms with Gasteiger partial charge < -0.3 is 4.74 Å². The Hall–Kier alpha value is -1.04. The Morgan fingerprint density at radius 3 is 2.55 bits per heavy atom. The van der Waals surface area contributed by atoms with Gasteiger partial charge in [0.1, 0.15) is 18.7 Å². The summed E-state index contributed by atoms with van der Waals surface area (Å²) in [5.41, 5.74) is 1.07. The van der Waals surface area contributed by atoms with Gasteiger partial charge in [0.05, 0.1) is 6.61 Å². The van der Waals surface area contributed by atoms with Crippen LogP contribution in [0.2, 0.25) is 5.02 Å². The molecule has 118 valence electrons. The lowest BCUT2D eigenvalue weighted by atomic mass is 9.80. The fraction of sp³-hybridized carbons (Fsp3) is 0.500. The highest BCUT2D eigenvalue weighted by molar-refractivity contribution is 8.00. The fourth-order valence-corrected chi connectivity index (χ4v) is 4.77. The molecule has 4 nitrogen and oxygen atoms in total. The predicted octanol–water partition coefficient (Wildman–Crippen LogP) is 4.14. The SMILES string of the molecule is CC(C)(C)C(n1cncn1)C1(c2ccc(Cl)cc2)OCCS1. The Balaban J connectivity index is 2.14. The van der Waals surface area contributed by atoms with E-state index in [1.54, 1.807) is 12.7 Å². The van der Waals surface area contributed by atoms with Crippen molar-refractivity contribution in [1.82, 2.24) is 14.8 Å². The monoisotopic (exact) mass is 337 g/mol. The molecule has 0 spiro atoms. The van der Waals surface area contributed by atoms with Crippen LogP contribution < -0.4 is 0 Å². The van der Waals surface area contributed by atoms with Crippen LogP contribution in [0.25, 0.3) is 0 Å². The Kier molecular flexibility index (Phi) is 4.23. The molecule has 0 amide bonds. The van der Waals surface area contributed by atoms with E-state index in [0.717, 1.165) is 22.9 Å². The van der Waals surface area contributed by atoms with E-state index >= 15 is 0 Å². The molecule has 1 aromatic heterocycles. The zero-order valence-corrected chi connectivity index (χ0v) is 14.6. The Morgan fingerprint density at radius 1 is 1.32 bits per heavy atom. The molecule has 3 rings (SSSR count). The molecule has 0 bridgehead atoms.